The van der Waals surface area contributed by atoms with Crippen LogP contribution in [0.15, 0.2) is 28.7 Å². The lowest BCUT2D eigenvalue weighted by Crippen LogP contribution is -2.40. The molecule has 0 bridgehead atoms. The average Bonchev–Trinajstić information content (AvgIpc) is 2.42. The molecular weight excluding hydrogens is 300 g/mol. The molecule has 1 aromatic rings. The van der Waals surface area contributed by atoms with Gasteiger partial charge in [-0.15, -0.1) is 0 Å². The molecule has 1 aliphatic rings. The van der Waals surface area contributed by atoms with Crippen LogP contribution in [0.1, 0.15) is 38.3 Å². The van der Waals surface area contributed by atoms with Crippen molar-refractivity contribution in [2.45, 2.75) is 32.7 Å². The van der Waals surface area contributed by atoms with Crippen LogP contribution in [-0.2, 0) is 0 Å². The largest absolute Gasteiger partial charge is 0.329 e. The summed E-state index contributed by atoms with van der Waals surface area (Å²) in [4.78, 5) is 2.55. The van der Waals surface area contributed by atoms with Gasteiger partial charge in [0, 0.05) is 17.1 Å². The summed E-state index contributed by atoms with van der Waals surface area (Å²) in [6.45, 7) is 7.72. The molecule has 2 rings (SSSR count). The third kappa shape index (κ3) is 3.59. The number of halogens is 1. The van der Waals surface area contributed by atoms with Crippen molar-refractivity contribution in [2.75, 3.05) is 19.6 Å². The van der Waals surface area contributed by atoms with E-state index >= 15 is 0 Å². The highest BCUT2D eigenvalue weighted by atomic mass is 79.9. The highest BCUT2D eigenvalue weighted by Crippen LogP contribution is 2.32. The van der Waals surface area contributed by atoms with Crippen molar-refractivity contribution in [3.05, 3.63) is 34.3 Å². The maximum Gasteiger partial charge on any atom is 0.0481 e. The molecule has 0 aliphatic carbocycles. The predicted molar refractivity (Wildman–Crippen MR) is 85.1 cm³/mol. The van der Waals surface area contributed by atoms with Crippen LogP contribution in [0.25, 0.3) is 0 Å². The SMILES string of the molecule is CC(C)C1CCN(C(CN)c2ccccc2Br)CC1. The summed E-state index contributed by atoms with van der Waals surface area (Å²) in [5.74, 6) is 1.69. The molecular formula is C16H25BrN2. The van der Waals surface area contributed by atoms with Gasteiger partial charge in [-0.2, -0.15) is 0 Å². The first-order chi connectivity index (χ1) is 9.13. The number of rotatable bonds is 4. The van der Waals surface area contributed by atoms with E-state index in [1.807, 2.05) is 0 Å². The molecule has 0 saturated carbocycles. The second-order valence-electron chi connectivity index (χ2n) is 5.89. The van der Waals surface area contributed by atoms with Crippen LogP contribution in [0.2, 0.25) is 0 Å². The Morgan fingerprint density at radius 1 is 1.26 bits per heavy atom. The highest BCUT2D eigenvalue weighted by Gasteiger charge is 2.27. The number of nitrogens with two attached hydrogens (primary N) is 1. The van der Waals surface area contributed by atoms with Crippen LogP contribution in [-0.4, -0.2) is 24.5 Å². The fourth-order valence-electron chi connectivity index (χ4n) is 3.12. The summed E-state index contributed by atoms with van der Waals surface area (Å²) in [7, 11) is 0. The summed E-state index contributed by atoms with van der Waals surface area (Å²) in [5.41, 5.74) is 7.36. The normalized spacial score (nSPS) is 19.8. The molecule has 2 nitrogen and oxygen atoms in total. The van der Waals surface area contributed by atoms with E-state index in [0.29, 0.717) is 12.6 Å². The molecule has 1 aliphatic heterocycles. The molecule has 1 fully saturated rings. The van der Waals surface area contributed by atoms with Gasteiger partial charge >= 0.3 is 0 Å². The third-order valence-electron chi connectivity index (χ3n) is 4.45. The van der Waals surface area contributed by atoms with Crippen molar-refractivity contribution in [3.63, 3.8) is 0 Å². The molecule has 1 unspecified atom stereocenters. The first kappa shape index (κ1) is 15.0. The molecule has 3 heteroatoms. The van der Waals surface area contributed by atoms with E-state index in [1.165, 1.54) is 36.0 Å². The van der Waals surface area contributed by atoms with Gasteiger partial charge < -0.3 is 5.73 Å². The van der Waals surface area contributed by atoms with Crippen molar-refractivity contribution >= 4 is 15.9 Å². The summed E-state index contributed by atoms with van der Waals surface area (Å²) in [5, 5.41) is 0. The van der Waals surface area contributed by atoms with Crippen LogP contribution in [0.5, 0.6) is 0 Å². The third-order valence-corrected chi connectivity index (χ3v) is 5.17. The predicted octanol–water partition coefficient (Wildman–Crippen LogP) is 3.82. The van der Waals surface area contributed by atoms with Crippen LogP contribution < -0.4 is 5.73 Å². The van der Waals surface area contributed by atoms with Crippen molar-refractivity contribution in [3.8, 4) is 0 Å². The standard InChI is InChI=1S/C16H25BrN2/c1-12(2)13-7-9-19(10-8-13)16(11-18)14-5-3-4-6-15(14)17/h3-6,12-13,16H,7-11,18H2,1-2H3. The minimum absolute atomic E-state index is 0.351. The van der Waals surface area contributed by atoms with Gasteiger partial charge in [-0.25, -0.2) is 0 Å². The molecule has 2 N–H and O–H groups in total. The molecule has 0 amide bonds. The lowest BCUT2D eigenvalue weighted by molar-refractivity contribution is 0.117. The zero-order valence-electron chi connectivity index (χ0n) is 12.0. The Morgan fingerprint density at radius 2 is 1.89 bits per heavy atom. The molecule has 1 atom stereocenters. The Kier molecular flexibility index (Phi) is 5.43. The van der Waals surface area contributed by atoms with Gasteiger partial charge in [-0.1, -0.05) is 48.0 Å². The van der Waals surface area contributed by atoms with Crippen molar-refractivity contribution < 1.29 is 0 Å². The number of piperidine rings is 1. The Morgan fingerprint density at radius 3 is 2.42 bits per heavy atom. The Labute approximate surface area is 125 Å². The summed E-state index contributed by atoms with van der Waals surface area (Å²) in [6.07, 6.45) is 2.61. The topological polar surface area (TPSA) is 29.3 Å². The first-order valence-electron chi connectivity index (χ1n) is 7.32. The smallest absolute Gasteiger partial charge is 0.0481 e. The number of hydrogen-bond acceptors (Lipinski definition) is 2. The molecule has 19 heavy (non-hydrogen) atoms. The molecule has 1 saturated heterocycles. The summed E-state index contributed by atoms with van der Waals surface area (Å²) < 4.78 is 1.18. The van der Waals surface area contributed by atoms with E-state index in [2.05, 4.69) is 58.9 Å². The lowest BCUT2D eigenvalue weighted by atomic mass is 9.86. The zero-order valence-corrected chi connectivity index (χ0v) is 13.6. The minimum atomic E-state index is 0.351. The zero-order chi connectivity index (χ0) is 13.8. The van der Waals surface area contributed by atoms with Crippen LogP contribution in [0, 0.1) is 11.8 Å². The summed E-state index contributed by atoms with van der Waals surface area (Å²) in [6, 6.07) is 8.81. The van der Waals surface area contributed by atoms with Gasteiger partial charge in [0.1, 0.15) is 0 Å². The minimum Gasteiger partial charge on any atom is -0.329 e. The van der Waals surface area contributed by atoms with Gasteiger partial charge in [-0.3, -0.25) is 4.90 Å². The van der Waals surface area contributed by atoms with E-state index in [4.69, 9.17) is 5.73 Å². The summed E-state index contributed by atoms with van der Waals surface area (Å²) >= 11 is 3.66. The fraction of sp³-hybridized carbons (Fsp3) is 0.625. The molecule has 106 valence electrons. The number of likely N-dealkylation sites (tertiary alicyclic amines) is 1. The molecule has 1 aromatic carbocycles. The molecule has 1 heterocycles. The number of benzene rings is 1. The van der Waals surface area contributed by atoms with Crippen LogP contribution in [0.3, 0.4) is 0 Å². The Bertz CT molecular complexity index is 397. The van der Waals surface area contributed by atoms with Crippen LogP contribution in [0.4, 0.5) is 0 Å². The molecule has 0 radical (unpaired) electrons. The van der Waals surface area contributed by atoms with E-state index in [1.54, 1.807) is 0 Å². The molecule has 0 aromatic heterocycles. The van der Waals surface area contributed by atoms with Crippen molar-refractivity contribution in [1.82, 2.24) is 4.90 Å². The van der Waals surface area contributed by atoms with Gasteiger partial charge in [0.25, 0.3) is 0 Å². The monoisotopic (exact) mass is 324 g/mol. The van der Waals surface area contributed by atoms with Gasteiger partial charge in [0.15, 0.2) is 0 Å². The average molecular weight is 325 g/mol. The second-order valence-corrected chi connectivity index (χ2v) is 6.74. The fourth-order valence-corrected chi connectivity index (χ4v) is 3.66. The Hall–Kier alpha value is -0.380. The first-order valence-corrected chi connectivity index (χ1v) is 8.11. The maximum absolute atomic E-state index is 6.04. The van der Waals surface area contributed by atoms with Gasteiger partial charge in [0.2, 0.25) is 0 Å². The van der Waals surface area contributed by atoms with Gasteiger partial charge in [0.05, 0.1) is 0 Å². The van der Waals surface area contributed by atoms with E-state index in [0.717, 1.165) is 11.8 Å². The van der Waals surface area contributed by atoms with E-state index < -0.39 is 0 Å². The van der Waals surface area contributed by atoms with E-state index in [-0.39, 0.29) is 0 Å². The maximum atomic E-state index is 6.04. The van der Waals surface area contributed by atoms with Crippen molar-refractivity contribution in [1.29, 1.82) is 0 Å². The van der Waals surface area contributed by atoms with Gasteiger partial charge in [-0.05, 0) is 49.4 Å². The quantitative estimate of drug-likeness (QED) is 0.912. The Balaban J connectivity index is 2.06. The lowest BCUT2D eigenvalue weighted by Gasteiger charge is -2.38. The highest BCUT2D eigenvalue weighted by molar-refractivity contribution is 9.10. The van der Waals surface area contributed by atoms with E-state index in [9.17, 15) is 0 Å². The molecule has 0 spiro atoms. The number of nitrogens with zero attached hydrogens (tertiary/aromatic N) is 1. The number of hydrogen-bond donors (Lipinski definition) is 1. The van der Waals surface area contributed by atoms with Crippen molar-refractivity contribution in [2.24, 2.45) is 17.6 Å². The van der Waals surface area contributed by atoms with Crippen LogP contribution >= 0.6 is 15.9 Å². The second kappa shape index (κ2) is 6.87.